The highest BCUT2D eigenvalue weighted by molar-refractivity contribution is 9.10. The van der Waals surface area contributed by atoms with E-state index in [1.807, 2.05) is 25.3 Å². The van der Waals surface area contributed by atoms with Crippen LogP contribution in [0.2, 0.25) is 0 Å². The van der Waals surface area contributed by atoms with E-state index in [1.165, 1.54) is 5.56 Å². The van der Waals surface area contributed by atoms with Crippen molar-refractivity contribution in [3.05, 3.63) is 40.9 Å². The number of ether oxygens (including phenoxy) is 1. The van der Waals surface area contributed by atoms with Gasteiger partial charge in [0.15, 0.2) is 5.96 Å². The number of guanidine groups is 1. The number of hydrogen-bond acceptors (Lipinski definition) is 2. The number of hydrogen-bond donors (Lipinski definition) is 1. The molecule has 0 atom stereocenters. The third-order valence-corrected chi connectivity index (χ3v) is 3.76. The molecule has 0 aliphatic heterocycles. The van der Waals surface area contributed by atoms with Crippen molar-refractivity contribution in [3.8, 4) is 5.75 Å². The molecular formula is C16H24BrN3O. The molecule has 21 heavy (non-hydrogen) atoms. The van der Waals surface area contributed by atoms with Crippen LogP contribution in [-0.4, -0.2) is 38.6 Å². The molecule has 1 aromatic carbocycles. The Morgan fingerprint density at radius 2 is 2.29 bits per heavy atom. The van der Waals surface area contributed by atoms with Crippen LogP contribution in [0.1, 0.15) is 18.4 Å². The lowest BCUT2D eigenvalue weighted by Crippen LogP contribution is -2.38. The van der Waals surface area contributed by atoms with Crippen molar-refractivity contribution >= 4 is 21.9 Å². The average molecular weight is 354 g/mol. The Morgan fingerprint density at radius 3 is 2.86 bits per heavy atom. The van der Waals surface area contributed by atoms with Gasteiger partial charge in [-0.1, -0.05) is 12.1 Å². The molecule has 0 bridgehead atoms. The Bertz CT molecular complexity index is 488. The van der Waals surface area contributed by atoms with Gasteiger partial charge in [0.05, 0.1) is 11.6 Å². The first-order chi connectivity index (χ1) is 10.1. The second kappa shape index (κ2) is 9.45. The molecule has 0 unspecified atom stereocenters. The maximum Gasteiger partial charge on any atom is 0.193 e. The van der Waals surface area contributed by atoms with E-state index in [-0.39, 0.29) is 0 Å². The predicted molar refractivity (Wildman–Crippen MR) is 93.0 cm³/mol. The Balaban J connectivity index is 2.55. The molecule has 1 rings (SSSR count). The van der Waals surface area contributed by atoms with E-state index >= 15 is 0 Å². The topological polar surface area (TPSA) is 36.9 Å². The number of halogens is 1. The van der Waals surface area contributed by atoms with Crippen LogP contribution in [-0.2, 0) is 6.54 Å². The standard InChI is InChI=1S/C16H24BrN3O/c1-5-6-7-10-20(3)16(18-2)19-12-13-8-9-15(21-4)14(17)11-13/h5,8-9,11H,1,6-7,10,12H2,2-4H3,(H,18,19). The summed E-state index contributed by atoms with van der Waals surface area (Å²) in [5.41, 5.74) is 1.17. The van der Waals surface area contributed by atoms with Crippen LogP contribution >= 0.6 is 15.9 Å². The number of unbranched alkanes of at least 4 members (excludes halogenated alkanes) is 1. The van der Waals surface area contributed by atoms with Gasteiger partial charge in [-0.2, -0.15) is 0 Å². The van der Waals surface area contributed by atoms with Gasteiger partial charge in [-0.05, 0) is 46.5 Å². The normalized spacial score (nSPS) is 11.1. The maximum atomic E-state index is 5.23. The van der Waals surface area contributed by atoms with Crippen molar-refractivity contribution in [2.24, 2.45) is 4.99 Å². The van der Waals surface area contributed by atoms with Crippen LogP contribution in [0.3, 0.4) is 0 Å². The summed E-state index contributed by atoms with van der Waals surface area (Å²) in [5, 5.41) is 3.37. The van der Waals surface area contributed by atoms with Gasteiger partial charge < -0.3 is 15.0 Å². The van der Waals surface area contributed by atoms with Gasteiger partial charge in [0.2, 0.25) is 0 Å². The second-order valence-corrected chi connectivity index (χ2v) is 5.58. The van der Waals surface area contributed by atoms with Gasteiger partial charge in [0.1, 0.15) is 5.75 Å². The highest BCUT2D eigenvalue weighted by atomic mass is 79.9. The lowest BCUT2D eigenvalue weighted by Gasteiger charge is -2.22. The van der Waals surface area contributed by atoms with Crippen molar-refractivity contribution in [2.75, 3.05) is 27.7 Å². The van der Waals surface area contributed by atoms with Gasteiger partial charge in [0.25, 0.3) is 0 Å². The summed E-state index contributed by atoms with van der Waals surface area (Å²) in [7, 11) is 5.51. The first-order valence-corrected chi connectivity index (χ1v) is 7.76. The van der Waals surface area contributed by atoms with Crippen LogP contribution in [0.15, 0.2) is 40.3 Å². The van der Waals surface area contributed by atoms with Gasteiger partial charge >= 0.3 is 0 Å². The molecule has 0 aliphatic rings. The van der Waals surface area contributed by atoms with Crippen LogP contribution in [0.4, 0.5) is 0 Å². The molecule has 5 heteroatoms. The van der Waals surface area contributed by atoms with Gasteiger partial charge in [-0.15, -0.1) is 6.58 Å². The molecular weight excluding hydrogens is 330 g/mol. The Morgan fingerprint density at radius 1 is 1.52 bits per heavy atom. The molecule has 116 valence electrons. The number of benzene rings is 1. The van der Waals surface area contributed by atoms with E-state index in [4.69, 9.17) is 4.74 Å². The summed E-state index contributed by atoms with van der Waals surface area (Å²) in [6, 6.07) is 6.05. The van der Waals surface area contributed by atoms with E-state index in [2.05, 4.69) is 43.8 Å². The molecule has 4 nitrogen and oxygen atoms in total. The second-order valence-electron chi connectivity index (χ2n) is 4.72. The largest absolute Gasteiger partial charge is 0.496 e. The van der Waals surface area contributed by atoms with Crippen LogP contribution in [0, 0.1) is 0 Å². The smallest absolute Gasteiger partial charge is 0.193 e. The molecule has 0 spiro atoms. The molecule has 0 saturated heterocycles. The Labute approximate surface area is 136 Å². The highest BCUT2D eigenvalue weighted by Gasteiger charge is 2.06. The molecule has 0 aromatic heterocycles. The van der Waals surface area contributed by atoms with E-state index in [1.54, 1.807) is 14.2 Å². The number of methoxy groups -OCH3 is 1. The van der Waals surface area contributed by atoms with E-state index in [0.29, 0.717) is 0 Å². The fourth-order valence-electron chi connectivity index (χ4n) is 1.96. The molecule has 0 aliphatic carbocycles. The fraction of sp³-hybridized carbons (Fsp3) is 0.438. The highest BCUT2D eigenvalue weighted by Crippen LogP contribution is 2.25. The number of nitrogens with one attached hydrogen (secondary N) is 1. The third kappa shape index (κ3) is 5.79. The predicted octanol–water partition coefficient (Wildman–Crippen LogP) is 3.43. The first-order valence-electron chi connectivity index (χ1n) is 6.97. The fourth-order valence-corrected chi connectivity index (χ4v) is 2.55. The Kier molecular flexibility index (Phi) is 7.90. The molecule has 0 saturated carbocycles. The quantitative estimate of drug-likeness (QED) is 0.353. The minimum absolute atomic E-state index is 0.723. The van der Waals surface area contributed by atoms with Crippen LogP contribution in [0.25, 0.3) is 0 Å². The summed E-state index contributed by atoms with van der Waals surface area (Å²) in [4.78, 5) is 6.43. The summed E-state index contributed by atoms with van der Waals surface area (Å²) in [6.07, 6.45) is 4.04. The lowest BCUT2D eigenvalue weighted by atomic mass is 10.2. The van der Waals surface area contributed by atoms with Crippen molar-refractivity contribution < 1.29 is 4.74 Å². The first kappa shape index (κ1) is 17.6. The minimum Gasteiger partial charge on any atom is -0.496 e. The molecule has 0 radical (unpaired) electrons. The van der Waals surface area contributed by atoms with Crippen LogP contribution in [0.5, 0.6) is 5.75 Å². The SMILES string of the molecule is C=CCCCN(C)C(=NC)NCc1ccc(OC)c(Br)c1. The van der Waals surface area contributed by atoms with Crippen molar-refractivity contribution in [2.45, 2.75) is 19.4 Å². The van der Waals surface area contributed by atoms with E-state index < -0.39 is 0 Å². The summed E-state index contributed by atoms with van der Waals surface area (Å²) in [5.74, 6) is 1.73. The number of rotatable bonds is 7. The molecule has 1 N–H and O–H groups in total. The lowest BCUT2D eigenvalue weighted by molar-refractivity contribution is 0.412. The van der Waals surface area contributed by atoms with E-state index in [9.17, 15) is 0 Å². The van der Waals surface area contributed by atoms with Crippen molar-refractivity contribution in [1.29, 1.82) is 0 Å². The number of nitrogens with zero attached hydrogens (tertiary/aromatic N) is 2. The Hall–Kier alpha value is -1.49. The van der Waals surface area contributed by atoms with E-state index in [0.717, 1.165) is 42.1 Å². The number of aliphatic imine (C=N–C) groups is 1. The van der Waals surface area contributed by atoms with Gasteiger partial charge in [-0.25, -0.2) is 0 Å². The molecule has 1 aromatic rings. The molecule has 0 amide bonds. The van der Waals surface area contributed by atoms with Gasteiger partial charge in [0, 0.05) is 27.2 Å². The van der Waals surface area contributed by atoms with Crippen LogP contribution < -0.4 is 10.1 Å². The zero-order valence-electron chi connectivity index (χ0n) is 13.0. The maximum absolute atomic E-state index is 5.23. The number of allylic oxidation sites excluding steroid dienone is 1. The average Bonchev–Trinajstić information content (AvgIpc) is 2.48. The zero-order valence-corrected chi connectivity index (χ0v) is 14.6. The van der Waals surface area contributed by atoms with Gasteiger partial charge in [-0.3, -0.25) is 4.99 Å². The minimum atomic E-state index is 0.723. The summed E-state index contributed by atoms with van der Waals surface area (Å²) >= 11 is 3.50. The van der Waals surface area contributed by atoms with Crippen molar-refractivity contribution in [1.82, 2.24) is 10.2 Å². The monoisotopic (exact) mass is 353 g/mol. The van der Waals surface area contributed by atoms with Crippen molar-refractivity contribution in [3.63, 3.8) is 0 Å². The summed E-state index contributed by atoms with van der Waals surface area (Å²) in [6.45, 7) is 5.42. The third-order valence-electron chi connectivity index (χ3n) is 3.14. The molecule has 0 heterocycles. The zero-order chi connectivity index (χ0) is 15.7. The molecule has 0 fully saturated rings. The summed E-state index contributed by atoms with van der Waals surface area (Å²) < 4.78 is 6.19.